The molecule has 0 bridgehead atoms. The van der Waals surface area contributed by atoms with Gasteiger partial charge in [0, 0.05) is 49.4 Å². The number of aliphatic imine (C=N–C) groups is 1. The first kappa shape index (κ1) is 30.7. The van der Waals surface area contributed by atoms with Crippen LogP contribution in [0.1, 0.15) is 30.4 Å². The number of nitrogens with one attached hydrogen (secondary N) is 2. The van der Waals surface area contributed by atoms with Gasteiger partial charge in [-0.15, -0.1) is 0 Å². The summed E-state index contributed by atoms with van der Waals surface area (Å²) in [4.78, 5) is 27.8. The number of ether oxygens (including phenoxy) is 1. The first-order chi connectivity index (χ1) is 20.8. The normalized spacial score (nSPS) is 19.9. The molecule has 230 valence electrons. The van der Waals surface area contributed by atoms with Crippen molar-refractivity contribution in [3.63, 3.8) is 0 Å². The van der Waals surface area contributed by atoms with Crippen molar-refractivity contribution in [1.82, 2.24) is 15.4 Å². The second kappa shape index (κ2) is 13.7. The lowest BCUT2D eigenvalue weighted by Gasteiger charge is -2.37. The summed E-state index contributed by atoms with van der Waals surface area (Å²) in [6.07, 6.45) is 6.96. The Bertz CT molecular complexity index is 1400. The van der Waals surface area contributed by atoms with Crippen molar-refractivity contribution in [2.75, 3.05) is 50.1 Å². The average molecular weight is 609 g/mol. The van der Waals surface area contributed by atoms with E-state index in [1.165, 1.54) is 18.9 Å². The van der Waals surface area contributed by atoms with Crippen LogP contribution in [-0.4, -0.2) is 73.7 Å². The van der Waals surface area contributed by atoms with Gasteiger partial charge in [0.05, 0.1) is 31.1 Å². The quantitative estimate of drug-likeness (QED) is 0.0992. The van der Waals surface area contributed by atoms with Crippen LogP contribution in [0.15, 0.2) is 59.9 Å². The van der Waals surface area contributed by atoms with Crippen LogP contribution in [0.5, 0.6) is 5.75 Å². The Hall–Kier alpha value is -3.77. The molecule has 12 heteroatoms. The maximum atomic E-state index is 12.4. The van der Waals surface area contributed by atoms with E-state index in [1.807, 2.05) is 25.1 Å². The smallest absolute Gasteiger partial charge is 0.247 e. The fourth-order valence-electron chi connectivity index (χ4n) is 5.69. The number of rotatable bonds is 11. The highest BCUT2D eigenvalue weighted by Crippen LogP contribution is 2.40. The summed E-state index contributed by atoms with van der Waals surface area (Å²) in [6, 6.07) is 10.3. The fourth-order valence-corrected chi connectivity index (χ4v) is 5.88. The van der Waals surface area contributed by atoms with Gasteiger partial charge in [0.15, 0.2) is 0 Å². The molecule has 1 atom stereocenters. The number of hydrogen-bond acceptors (Lipinski definition) is 9. The highest BCUT2D eigenvalue weighted by Gasteiger charge is 2.32. The number of nitrogens with zero attached hydrogens (tertiary/aromatic N) is 4. The van der Waals surface area contributed by atoms with Crippen molar-refractivity contribution in [3.8, 4) is 5.75 Å². The van der Waals surface area contributed by atoms with E-state index in [0.717, 1.165) is 66.9 Å². The summed E-state index contributed by atoms with van der Waals surface area (Å²) in [5.74, 6) is 6.78. The molecule has 0 unspecified atom stereocenters. The maximum Gasteiger partial charge on any atom is 0.247 e. The Labute approximate surface area is 258 Å². The molecule has 0 aromatic heterocycles. The van der Waals surface area contributed by atoms with Gasteiger partial charge in [-0.3, -0.25) is 14.5 Å². The topological polar surface area (TPSA) is 134 Å². The van der Waals surface area contributed by atoms with Crippen molar-refractivity contribution in [2.24, 2.45) is 16.6 Å². The van der Waals surface area contributed by atoms with Crippen molar-refractivity contribution >= 4 is 40.4 Å². The number of halogens is 1. The largest absolute Gasteiger partial charge is 0.494 e. The minimum absolute atomic E-state index is 0.0159. The number of methoxy groups -OCH3 is 1. The predicted octanol–water partition coefficient (Wildman–Crippen LogP) is 3.61. The van der Waals surface area contributed by atoms with Crippen molar-refractivity contribution in [1.29, 1.82) is 0 Å². The number of benzene rings is 2. The lowest BCUT2D eigenvalue weighted by atomic mass is 9.99. The second-order valence-corrected chi connectivity index (χ2v) is 11.4. The Morgan fingerprint density at radius 2 is 2.00 bits per heavy atom. The first-order valence-corrected chi connectivity index (χ1v) is 15.0. The third kappa shape index (κ3) is 7.24. The number of hydrazine groups is 1. The van der Waals surface area contributed by atoms with Gasteiger partial charge in [0.25, 0.3) is 0 Å². The Kier molecular flexibility index (Phi) is 9.76. The lowest BCUT2D eigenvalue weighted by Crippen LogP contribution is -2.47. The molecule has 1 amide bonds. The predicted molar refractivity (Wildman–Crippen MR) is 171 cm³/mol. The molecule has 3 aliphatic rings. The molecule has 6 N–H and O–H groups in total. The third-order valence-corrected chi connectivity index (χ3v) is 8.64. The van der Waals surface area contributed by atoms with E-state index < -0.39 is 0 Å². The van der Waals surface area contributed by atoms with Gasteiger partial charge in [0.1, 0.15) is 23.1 Å². The summed E-state index contributed by atoms with van der Waals surface area (Å²) in [6.45, 7) is 9.81. The summed E-state index contributed by atoms with van der Waals surface area (Å²) in [7, 11) is 1.59. The lowest BCUT2D eigenvalue weighted by molar-refractivity contribution is -0.111. The molecule has 3 fully saturated rings. The molecule has 2 heterocycles. The van der Waals surface area contributed by atoms with E-state index in [4.69, 9.17) is 32.8 Å². The van der Waals surface area contributed by atoms with Gasteiger partial charge in [-0.2, -0.15) is 0 Å². The Morgan fingerprint density at radius 1 is 1.23 bits per heavy atom. The van der Waals surface area contributed by atoms with Crippen LogP contribution in [0.3, 0.4) is 0 Å². The second-order valence-electron chi connectivity index (χ2n) is 11.0. The monoisotopic (exact) mass is 608 g/mol. The number of hydroxylamine groups is 2. The van der Waals surface area contributed by atoms with E-state index in [1.54, 1.807) is 24.3 Å². The maximum absolute atomic E-state index is 12.4. The Morgan fingerprint density at radius 3 is 2.67 bits per heavy atom. The van der Waals surface area contributed by atoms with Gasteiger partial charge in [-0.05, 0) is 61.9 Å². The molecule has 2 aromatic rings. The molecule has 2 aliphatic heterocycles. The Balaban J connectivity index is 1.40. The number of piperazine rings is 1. The molecule has 2 saturated heterocycles. The molecule has 0 spiro atoms. The first-order valence-electron chi connectivity index (χ1n) is 14.6. The molecule has 2 aromatic carbocycles. The number of carbonyl (C=O) groups is 1. The number of nitrogens with two attached hydrogens (primary N) is 2. The zero-order chi connectivity index (χ0) is 30.5. The van der Waals surface area contributed by atoms with E-state index in [-0.39, 0.29) is 17.8 Å². The van der Waals surface area contributed by atoms with E-state index in [9.17, 15) is 4.79 Å². The van der Waals surface area contributed by atoms with Crippen molar-refractivity contribution < 1.29 is 14.4 Å². The third-order valence-electron chi connectivity index (χ3n) is 8.23. The molecule has 11 nitrogen and oxygen atoms in total. The molecular formula is C31H41ClN8O3. The number of anilines is 2. The van der Waals surface area contributed by atoms with E-state index in [2.05, 4.69) is 38.2 Å². The van der Waals surface area contributed by atoms with E-state index in [0.29, 0.717) is 29.6 Å². The SMILES string of the molecule is C=CC(=O)Nc1cc(N=C(N)/C=C(\NN)N2OCC[C@@H]2Cc2cccc(Cl)c2C)c(OC)cc1N1CCN(C2CC2)CC1. The standard InChI is InChI=1S/C31H41ClN8O3/c1-4-31(41)36-25-17-26(28(42-3)18-27(25)39-13-11-38(12-14-39)22-8-9-22)35-29(33)19-30(37-34)40-23(10-15-43-40)16-21-6-5-7-24(32)20(21)2/h4-7,17-19,22-23,37H,1,8-16,34H2,2-3H3,(H2,33,35)(H,36,41)/b30-19+/t23-/m1/s1. The van der Waals surface area contributed by atoms with Gasteiger partial charge < -0.3 is 26.1 Å². The number of amidine groups is 1. The molecular weight excluding hydrogens is 568 g/mol. The number of amides is 1. The zero-order valence-electron chi connectivity index (χ0n) is 24.8. The van der Waals surface area contributed by atoms with Crippen LogP contribution in [0.2, 0.25) is 5.02 Å². The van der Waals surface area contributed by atoms with Gasteiger partial charge >= 0.3 is 0 Å². The zero-order valence-corrected chi connectivity index (χ0v) is 25.6. The van der Waals surface area contributed by atoms with Crippen LogP contribution >= 0.6 is 11.6 Å². The molecule has 1 saturated carbocycles. The minimum atomic E-state index is -0.312. The molecule has 0 radical (unpaired) electrons. The highest BCUT2D eigenvalue weighted by molar-refractivity contribution is 6.31. The molecule has 43 heavy (non-hydrogen) atoms. The van der Waals surface area contributed by atoms with Crippen molar-refractivity contribution in [2.45, 2.75) is 44.7 Å². The van der Waals surface area contributed by atoms with Crippen molar-refractivity contribution in [3.05, 3.63) is 71.0 Å². The van der Waals surface area contributed by atoms with Crippen LogP contribution < -0.4 is 32.0 Å². The average Bonchev–Trinajstić information content (AvgIpc) is 3.77. The molecule has 5 rings (SSSR count). The van der Waals surface area contributed by atoms with Crippen LogP contribution in [0, 0.1) is 6.92 Å². The van der Waals surface area contributed by atoms with Gasteiger partial charge in [-0.25, -0.2) is 15.9 Å². The minimum Gasteiger partial charge on any atom is -0.494 e. The number of hydrogen-bond donors (Lipinski definition) is 4. The van der Waals surface area contributed by atoms with E-state index >= 15 is 0 Å². The highest BCUT2D eigenvalue weighted by atomic mass is 35.5. The summed E-state index contributed by atoms with van der Waals surface area (Å²) in [5.41, 5.74) is 13.3. The summed E-state index contributed by atoms with van der Waals surface area (Å²) < 4.78 is 5.73. The van der Waals surface area contributed by atoms with Gasteiger partial charge in [0.2, 0.25) is 5.91 Å². The van der Waals surface area contributed by atoms with Crippen LogP contribution in [0.4, 0.5) is 17.1 Å². The van der Waals surface area contributed by atoms with Crippen LogP contribution in [0.25, 0.3) is 0 Å². The fraction of sp³-hybridized carbons (Fsp3) is 0.419. The molecule has 1 aliphatic carbocycles. The van der Waals surface area contributed by atoms with Crippen LogP contribution in [-0.2, 0) is 16.1 Å². The summed E-state index contributed by atoms with van der Waals surface area (Å²) in [5, 5.41) is 5.41. The van der Waals surface area contributed by atoms with Gasteiger partial charge in [-0.1, -0.05) is 30.3 Å². The number of carbonyl (C=O) groups excluding carboxylic acids is 1. The summed E-state index contributed by atoms with van der Waals surface area (Å²) >= 11 is 6.35.